The third-order valence-corrected chi connectivity index (χ3v) is 5.27. The first-order valence-electron chi connectivity index (χ1n) is 9.54. The Labute approximate surface area is 170 Å². The second-order valence-electron chi connectivity index (χ2n) is 7.12. The van der Waals surface area contributed by atoms with E-state index in [9.17, 15) is 5.11 Å². The molecule has 0 bridgehead atoms. The number of β-amino-alcohol motifs (C(OH)–C–C–N with tert-alkyl or cyclic N) is 1. The maximum atomic E-state index is 10.3. The van der Waals surface area contributed by atoms with Crippen LogP contribution < -0.4 is 14.4 Å². The predicted molar refractivity (Wildman–Crippen MR) is 108 cm³/mol. The molecule has 0 spiro atoms. The number of ether oxygens (including phenoxy) is 3. The standard InChI is InChI=1S/C21H25ClN2O4/c22-17-2-1-3-18(11-17)24-8-6-23(7-9-24)12-19(25)14-26-13-16-4-5-20-21(10-16)28-15-27-20/h1-5,10-11,19,25H,6-9,12-15H2. The number of aliphatic hydroxyl groups excluding tert-OH is 1. The Morgan fingerprint density at radius 1 is 1.04 bits per heavy atom. The molecule has 1 fully saturated rings. The van der Waals surface area contributed by atoms with Gasteiger partial charge in [0.2, 0.25) is 6.79 Å². The second kappa shape index (κ2) is 9.01. The molecule has 4 rings (SSSR count). The molecule has 0 saturated carbocycles. The summed E-state index contributed by atoms with van der Waals surface area (Å²) in [5.74, 6) is 1.51. The molecule has 2 aliphatic rings. The van der Waals surface area contributed by atoms with Gasteiger partial charge in [-0.1, -0.05) is 23.7 Å². The average molecular weight is 405 g/mol. The molecule has 2 aromatic carbocycles. The van der Waals surface area contributed by atoms with Gasteiger partial charge in [-0.3, -0.25) is 4.90 Å². The van der Waals surface area contributed by atoms with Crippen LogP contribution in [0.4, 0.5) is 5.69 Å². The Morgan fingerprint density at radius 3 is 2.68 bits per heavy atom. The van der Waals surface area contributed by atoms with Crippen LogP contribution in [0.25, 0.3) is 0 Å². The summed E-state index contributed by atoms with van der Waals surface area (Å²) in [7, 11) is 0. The largest absolute Gasteiger partial charge is 0.454 e. The van der Waals surface area contributed by atoms with Crippen molar-refractivity contribution in [2.75, 3.05) is 51.0 Å². The van der Waals surface area contributed by atoms with E-state index in [1.165, 1.54) is 0 Å². The maximum absolute atomic E-state index is 10.3. The normalized spacial score (nSPS) is 17.7. The fourth-order valence-corrected chi connectivity index (χ4v) is 3.74. The number of halogens is 1. The van der Waals surface area contributed by atoms with Crippen molar-refractivity contribution in [1.82, 2.24) is 4.90 Å². The molecule has 1 saturated heterocycles. The lowest BCUT2D eigenvalue weighted by Gasteiger charge is -2.36. The van der Waals surface area contributed by atoms with Crippen molar-refractivity contribution in [2.45, 2.75) is 12.7 Å². The summed E-state index contributed by atoms with van der Waals surface area (Å²) in [6, 6.07) is 13.7. The Morgan fingerprint density at radius 2 is 1.86 bits per heavy atom. The molecule has 2 heterocycles. The number of fused-ring (bicyclic) bond motifs is 1. The van der Waals surface area contributed by atoms with Gasteiger partial charge >= 0.3 is 0 Å². The van der Waals surface area contributed by atoms with E-state index in [-0.39, 0.29) is 6.79 Å². The van der Waals surface area contributed by atoms with Gasteiger partial charge in [0.25, 0.3) is 0 Å². The number of aliphatic hydroxyl groups is 1. The van der Waals surface area contributed by atoms with Crippen molar-refractivity contribution in [3.63, 3.8) is 0 Å². The summed E-state index contributed by atoms with van der Waals surface area (Å²) in [6.45, 7) is 5.29. The number of rotatable bonds is 7. The lowest BCUT2D eigenvalue weighted by Crippen LogP contribution is -2.49. The quantitative estimate of drug-likeness (QED) is 0.765. The summed E-state index contributed by atoms with van der Waals surface area (Å²) in [6.07, 6.45) is -0.508. The zero-order chi connectivity index (χ0) is 19.3. The number of hydrogen-bond acceptors (Lipinski definition) is 6. The first-order valence-corrected chi connectivity index (χ1v) is 9.92. The van der Waals surface area contributed by atoms with Crippen LogP contribution in [0.15, 0.2) is 42.5 Å². The number of anilines is 1. The van der Waals surface area contributed by atoms with Gasteiger partial charge in [-0.2, -0.15) is 0 Å². The molecule has 0 aromatic heterocycles. The fraction of sp³-hybridized carbons (Fsp3) is 0.429. The minimum absolute atomic E-state index is 0.267. The van der Waals surface area contributed by atoms with Crippen molar-refractivity contribution < 1.29 is 19.3 Å². The van der Waals surface area contributed by atoms with Crippen molar-refractivity contribution in [2.24, 2.45) is 0 Å². The SMILES string of the molecule is OC(COCc1ccc2c(c1)OCO2)CN1CCN(c2cccc(Cl)c2)CC1. The number of nitrogens with zero attached hydrogens (tertiary/aromatic N) is 2. The topological polar surface area (TPSA) is 54.4 Å². The molecule has 2 aromatic rings. The minimum atomic E-state index is -0.508. The van der Waals surface area contributed by atoms with E-state index < -0.39 is 6.10 Å². The molecule has 2 aliphatic heterocycles. The van der Waals surface area contributed by atoms with E-state index in [1.807, 2.05) is 36.4 Å². The molecule has 6 nitrogen and oxygen atoms in total. The van der Waals surface area contributed by atoms with Crippen LogP contribution in [0, 0.1) is 0 Å². The second-order valence-corrected chi connectivity index (χ2v) is 7.56. The van der Waals surface area contributed by atoms with E-state index >= 15 is 0 Å². The highest BCUT2D eigenvalue weighted by atomic mass is 35.5. The lowest BCUT2D eigenvalue weighted by atomic mass is 10.2. The first kappa shape index (κ1) is 19.3. The summed E-state index contributed by atoms with van der Waals surface area (Å²) in [5.41, 5.74) is 2.16. The highest BCUT2D eigenvalue weighted by molar-refractivity contribution is 6.30. The number of piperazine rings is 1. The van der Waals surface area contributed by atoms with Gasteiger partial charge in [0.15, 0.2) is 11.5 Å². The van der Waals surface area contributed by atoms with Crippen LogP contribution in [0.5, 0.6) is 11.5 Å². The van der Waals surface area contributed by atoms with Gasteiger partial charge in [-0.15, -0.1) is 0 Å². The molecule has 28 heavy (non-hydrogen) atoms. The third kappa shape index (κ3) is 4.89. The van der Waals surface area contributed by atoms with Crippen LogP contribution in [-0.4, -0.2) is 62.2 Å². The molecule has 150 valence electrons. The zero-order valence-electron chi connectivity index (χ0n) is 15.7. The Hall–Kier alpha value is -1.99. The highest BCUT2D eigenvalue weighted by Crippen LogP contribution is 2.32. The minimum Gasteiger partial charge on any atom is -0.454 e. The van der Waals surface area contributed by atoms with E-state index in [1.54, 1.807) is 0 Å². The molecule has 0 aliphatic carbocycles. The summed E-state index contributed by atoms with van der Waals surface area (Å²) < 4.78 is 16.4. The number of benzene rings is 2. The monoisotopic (exact) mass is 404 g/mol. The fourth-order valence-electron chi connectivity index (χ4n) is 3.56. The Balaban J connectivity index is 1.17. The van der Waals surface area contributed by atoms with Gasteiger partial charge in [0.05, 0.1) is 19.3 Å². The predicted octanol–water partition coefficient (Wildman–Crippen LogP) is 2.77. The van der Waals surface area contributed by atoms with E-state index in [4.69, 9.17) is 25.8 Å². The van der Waals surface area contributed by atoms with Crippen LogP contribution in [0.2, 0.25) is 5.02 Å². The summed E-state index contributed by atoms with van der Waals surface area (Å²) >= 11 is 6.08. The maximum Gasteiger partial charge on any atom is 0.231 e. The average Bonchev–Trinajstić information content (AvgIpc) is 3.16. The van der Waals surface area contributed by atoms with Gasteiger partial charge in [-0.05, 0) is 35.9 Å². The molecule has 0 amide bonds. The molecule has 7 heteroatoms. The van der Waals surface area contributed by atoms with E-state index in [0.29, 0.717) is 19.8 Å². The molecular formula is C21H25ClN2O4. The Bertz CT molecular complexity index is 796. The highest BCUT2D eigenvalue weighted by Gasteiger charge is 2.20. The summed E-state index contributed by atoms with van der Waals surface area (Å²) in [4.78, 5) is 4.60. The van der Waals surface area contributed by atoms with Crippen LogP contribution in [-0.2, 0) is 11.3 Å². The van der Waals surface area contributed by atoms with Crippen molar-refractivity contribution in [1.29, 1.82) is 0 Å². The van der Waals surface area contributed by atoms with Crippen LogP contribution in [0.3, 0.4) is 0 Å². The number of hydrogen-bond donors (Lipinski definition) is 1. The van der Waals surface area contributed by atoms with E-state index in [0.717, 1.165) is 54.0 Å². The van der Waals surface area contributed by atoms with Gasteiger partial charge in [0, 0.05) is 43.4 Å². The molecule has 1 atom stereocenters. The van der Waals surface area contributed by atoms with Gasteiger partial charge in [-0.25, -0.2) is 0 Å². The van der Waals surface area contributed by atoms with Crippen molar-refractivity contribution in [3.8, 4) is 11.5 Å². The van der Waals surface area contributed by atoms with Crippen LogP contribution >= 0.6 is 11.6 Å². The van der Waals surface area contributed by atoms with Gasteiger partial charge < -0.3 is 24.2 Å². The smallest absolute Gasteiger partial charge is 0.231 e. The van der Waals surface area contributed by atoms with Gasteiger partial charge in [0.1, 0.15) is 0 Å². The van der Waals surface area contributed by atoms with Crippen molar-refractivity contribution >= 4 is 17.3 Å². The first-order chi connectivity index (χ1) is 13.7. The molecule has 0 radical (unpaired) electrons. The summed E-state index contributed by atoms with van der Waals surface area (Å²) in [5, 5.41) is 11.1. The lowest BCUT2D eigenvalue weighted by molar-refractivity contribution is 0.00911. The van der Waals surface area contributed by atoms with Crippen LogP contribution in [0.1, 0.15) is 5.56 Å². The van der Waals surface area contributed by atoms with Crippen molar-refractivity contribution in [3.05, 3.63) is 53.1 Å². The Kier molecular flexibility index (Phi) is 6.22. The molecule has 1 unspecified atom stereocenters. The van der Waals surface area contributed by atoms with E-state index in [2.05, 4.69) is 15.9 Å². The zero-order valence-corrected chi connectivity index (χ0v) is 16.5. The molecule has 1 N–H and O–H groups in total. The third-order valence-electron chi connectivity index (χ3n) is 5.03. The molecular weight excluding hydrogens is 380 g/mol.